The van der Waals surface area contributed by atoms with E-state index in [1.807, 2.05) is 0 Å². The van der Waals surface area contributed by atoms with Crippen molar-refractivity contribution in [2.45, 2.75) is 12.8 Å². The van der Waals surface area contributed by atoms with Gasteiger partial charge in [-0.1, -0.05) is 18.2 Å². The predicted molar refractivity (Wildman–Crippen MR) is 52.9 cm³/mol. The van der Waals surface area contributed by atoms with Crippen LogP contribution in [0.2, 0.25) is 0 Å². The van der Waals surface area contributed by atoms with E-state index in [0.29, 0.717) is 5.56 Å². The fourth-order valence-corrected chi connectivity index (χ4v) is 1.40. The van der Waals surface area contributed by atoms with Crippen LogP contribution < -0.4 is 0 Å². The summed E-state index contributed by atoms with van der Waals surface area (Å²) in [6, 6.07) is 6.08. The number of hydrogen-bond acceptors (Lipinski definition) is 2. The summed E-state index contributed by atoms with van der Waals surface area (Å²) in [5.74, 6) is -2.14. The first-order valence-corrected chi connectivity index (χ1v) is 4.72. The second kappa shape index (κ2) is 5.46. The van der Waals surface area contributed by atoms with Crippen molar-refractivity contribution in [1.29, 1.82) is 0 Å². The molecule has 0 aliphatic rings. The van der Waals surface area contributed by atoms with Crippen molar-refractivity contribution in [2.75, 3.05) is 6.61 Å². The van der Waals surface area contributed by atoms with E-state index in [-0.39, 0.29) is 19.4 Å². The highest BCUT2D eigenvalue weighted by molar-refractivity contribution is 5.70. The number of halogens is 1. The van der Waals surface area contributed by atoms with Crippen LogP contribution in [-0.2, 0) is 11.2 Å². The number of aliphatic hydroxyl groups is 1. The molecule has 1 aromatic rings. The number of benzene rings is 1. The minimum absolute atomic E-state index is 0.114. The lowest BCUT2D eigenvalue weighted by Gasteiger charge is -2.10. The molecule has 2 N–H and O–H groups in total. The molecule has 3 nitrogen and oxygen atoms in total. The van der Waals surface area contributed by atoms with Gasteiger partial charge in [-0.2, -0.15) is 0 Å². The summed E-state index contributed by atoms with van der Waals surface area (Å²) in [6.07, 6.45) is 0.256. The zero-order chi connectivity index (χ0) is 11.3. The molecule has 0 saturated heterocycles. The molecule has 0 heterocycles. The second-order valence-corrected chi connectivity index (χ2v) is 3.34. The van der Waals surface area contributed by atoms with E-state index < -0.39 is 17.7 Å². The highest BCUT2D eigenvalue weighted by Gasteiger charge is 2.18. The molecule has 0 aromatic heterocycles. The van der Waals surface area contributed by atoms with Gasteiger partial charge in [0.25, 0.3) is 0 Å². The topological polar surface area (TPSA) is 57.5 Å². The summed E-state index contributed by atoms with van der Waals surface area (Å²) in [5, 5.41) is 17.5. The Labute approximate surface area is 87.2 Å². The highest BCUT2D eigenvalue weighted by Crippen LogP contribution is 2.15. The standard InChI is InChI=1S/C11H13FO3/c12-10-4-2-1-3-8(10)7-9(5-6-13)11(14)15/h1-4,9,13H,5-7H2,(H,14,15). The third-order valence-electron chi connectivity index (χ3n) is 2.25. The lowest BCUT2D eigenvalue weighted by molar-refractivity contribution is -0.142. The molecular weight excluding hydrogens is 199 g/mol. The molecule has 0 aliphatic heterocycles. The van der Waals surface area contributed by atoms with E-state index in [0.717, 1.165) is 0 Å². The van der Waals surface area contributed by atoms with Gasteiger partial charge in [-0.3, -0.25) is 4.79 Å². The Hall–Kier alpha value is -1.42. The molecule has 1 rings (SSSR count). The van der Waals surface area contributed by atoms with Crippen molar-refractivity contribution in [2.24, 2.45) is 5.92 Å². The maximum absolute atomic E-state index is 13.2. The number of rotatable bonds is 5. The van der Waals surface area contributed by atoms with E-state index in [4.69, 9.17) is 10.2 Å². The molecule has 1 aromatic carbocycles. The van der Waals surface area contributed by atoms with Crippen LogP contribution in [0.15, 0.2) is 24.3 Å². The van der Waals surface area contributed by atoms with E-state index in [2.05, 4.69) is 0 Å². The third kappa shape index (κ3) is 3.32. The molecule has 0 spiro atoms. The molecule has 0 bridgehead atoms. The van der Waals surface area contributed by atoms with Gasteiger partial charge < -0.3 is 10.2 Å². The second-order valence-electron chi connectivity index (χ2n) is 3.34. The molecule has 0 saturated carbocycles. The number of carboxylic acid groups (broad SMARTS) is 1. The maximum Gasteiger partial charge on any atom is 0.306 e. The van der Waals surface area contributed by atoms with Crippen molar-refractivity contribution < 1.29 is 19.4 Å². The molecule has 0 aliphatic carbocycles. The van der Waals surface area contributed by atoms with Gasteiger partial charge in [0.2, 0.25) is 0 Å². The first kappa shape index (κ1) is 11.7. The molecule has 15 heavy (non-hydrogen) atoms. The third-order valence-corrected chi connectivity index (χ3v) is 2.25. The molecule has 0 fully saturated rings. The lowest BCUT2D eigenvalue weighted by atomic mass is 9.96. The van der Waals surface area contributed by atoms with Crippen LogP contribution in [0.4, 0.5) is 4.39 Å². The van der Waals surface area contributed by atoms with Gasteiger partial charge >= 0.3 is 5.97 Å². The fourth-order valence-electron chi connectivity index (χ4n) is 1.40. The summed E-state index contributed by atoms with van der Waals surface area (Å²) >= 11 is 0. The molecule has 1 atom stereocenters. The number of carboxylic acids is 1. The largest absolute Gasteiger partial charge is 0.481 e. The summed E-state index contributed by atoms with van der Waals surface area (Å²) in [7, 11) is 0. The first-order valence-electron chi connectivity index (χ1n) is 4.72. The molecule has 82 valence electrons. The van der Waals surface area contributed by atoms with Gasteiger partial charge in [0.05, 0.1) is 5.92 Å². The number of aliphatic hydroxyl groups excluding tert-OH is 1. The Morgan fingerprint density at radius 1 is 1.40 bits per heavy atom. The number of aliphatic carboxylic acids is 1. The maximum atomic E-state index is 13.2. The van der Waals surface area contributed by atoms with Crippen molar-refractivity contribution in [3.05, 3.63) is 35.6 Å². The minimum atomic E-state index is -1.01. The SMILES string of the molecule is O=C(O)C(CCO)Cc1ccccc1F. The van der Waals surface area contributed by atoms with E-state index in [1.54, 1.807) is 18.2 Å². The quantitative estimate of drug-likeness (QED) is 0.776. The summed E-state index contributed by atoms with van der Waals surface area (Å²) in [4.78, 5) is 10.8. The van der Waals surface area contributed by atoms with Gasteiger partial charge in [0.15, 0.2) is 0 Å². The Bertz CT molecular complexity index is 338. The number of carbonyl (C=O) groups is 1. The van der Waals surface area contributed by atoms with Gasteiger partial charge in [-0.05, 0) is 24.5 Å². The van der Waals surface area contributed by atoms with Crippen LogP contribution in [0.3, 0.4) is 0 Å². The summed E-state index contributed by atoms with van der Waals surface area (Å²) in [5.41, 5.74) is 0.373. The van der Waals surface area contributed by atoms with Crippen LogP contribution in [-0.4, -0.2) is 22.8 Å². The van der Waals surface area contributed by atoms with Crippen LogP contribution >= 0.6 is 0 Å². The summed E-state index contributed by atoms with van der Waals surface area (Å²) < 4.78 is 13.2. The van der Waals surface area contributed by atoms with Gasteiger partial charge in [-0.15, -0.1) is 0 Å². The smallest absolute Gasteiger partial charge is 0.306 e. The zero-order valence-corrected chi connectivity index (χ0v) is 8.19. The average Bonchev–Trinajstić information content (AvgIpc) is 2.20. The number of hydrogen-bond donors (Lipinski definition) is 2. The van der Waals surface area contributed by atoms with E-state index in [9.17, 15) is 9.18 Å². The van der Waals surface area contributed by atoms with Crippen LogP contribution in [0.5, 0.6) is 0 Å². The van der Waals surface area contributed by atoms with Crippen LogP contribution in [0, 0.1) is 11.7 Å². The Kier molecular flexibility index (Phi) is 4.24. The predicted octanol–water partition coefficient (Wildman–Crippen LogP) is 1.45. The van der Waals surface area contributed by atoms with Gasteiger partial charge in [-0.25, -0.2) is 4.39 Å². The average molecular weight is 212 g/mol. The first-order chi connectivity index (χ1) is 7.15. The van der Waals surface area contributed by atoms with E-state index >= 15 is 0 Å². The van der Waals surface area contributed by atoms with Crippen molar-refractivity contribution in [1.82, 2.24) is 0 Å². The fraction of sp³-hybridized carbons (Fsp3) is 0.364. The van der Waals surface area contributed by atoms with Crippen molar-refractivity contribution in [3.8, 4) is 0 Å². The van der Waals surface area contributed by atoms with Crippen molar-refractivity contribution in [3.63, 3.8) is 0 Å². The zero-order valence-electron chi connectivity index (χ0n) is 8.19. The normalized spacial score (nSPS) is 12.4. The molecule has 1 unspecified atom stereocenters. The molecule has 4 heteroatoms. The molecule has 0 amide bonds. The summed E-state index contributed by atoms with van der Waals surface area (Å²) in [6.45, 7) is -0.203. The van der Waals surface area contributed by atoms with E-state index in [1.165, 1.54) is 6.07 Å². The molecular formula is C11H13FO3. The van der Waals surface area contributed by atoms with Gasteiger partial charge in [0, 0.05) is 6.61 Å². The lowest BCUT2D eigenvalue weighted by Crippen LogP contribution is -2.18. The Balaban J connectivity index is 2.74. The van der Waals surface area contributed by atoms with Crippen molar-refractivity contribution >= 4 is 5.97 Å². The Morgan fingerprint density at radius 2 is 2.07 bits per heavy atom. The monoisotopic (exact) mass is 212 g/mol. The van der Waals surface area contributed by atoms with Gasteiger partial charge in [0.1, 0.15) is 5.82 Å². The van der Waals surface area contributed by atoms with Crippen LogP contribution in [0.1, 0.15) is 12.0 Å². The highest BCUT2D eigenvalue weighted by atomic mass is 19.1. The minimum Gasteiger partial charge on any atom is -0.481 e. The van der Waals surface area contributed by atoms with Crippen LogP contribution in [0.25, 0.3) is 0 Å². The Morgan fingerprint density at radius 3 is 2.60 bits per heavy atom. The molecule has 0 radical (unpaired) electrons.